The minimum atomic E-state index is -4.60. The first-order chi connectivity index (χ1) is 10.1. The number of halogens is 4. The summed E-state index contributed by atoms with van der Waals surface area (Å²) in [5.74, 6) is -1.99. The summed E-state index contributed by atoms with van der Waals surface area (Å²) in [4.78, 5) is 12.3. The van der Waals surface area contributed by atoms with Crippen LogP contribution in [0.25, 0.3) is 0 Å². The van der Waals surface area contributed by atoms with Gasteiger partial charge in [0.25, 0.3) is 0 Å². The summed E-state index contributed by atoms with van der Waals surface area (Å²) in [5.41, 5.74) is 3.86. The molecule has 0 spiro atoms. The van der Waals surface area contributed by atoms with Gasteiger partial charge in [-0.25, -0.2) is 4.39 Å². The van der Waals surface area contributed by atoms with E-state index in [2.05, 4.69) is 5.32 Å². The molecule has 1 aliphatic rings. The second-order valence-electron chi connectivity index (χ2n) is 5.99. The molecule has 0 aliphatic heterocycles. The lowest BCUT2D eigenvalue weighted by molar-refractivity contribution is -0.137. The third-order valence-electron chi connectivity index (χ3n) is 4.12. The average Bonchev–Trinajstić information content (AvgIpc) is 2.39. The van der Waals surface area contributed by atoms with E-state index in [1.807, 2.05) is 0 Å². The number of nitrogens with two attached hydrogens (primary N) is 1. The van der Waals surface area contributed by atoms with E-state index >= 15 is 0 Å². The fraction of sp³-hybridized carbons (Fsp3) is 0.533. The van der Waals surface area contributed by atoms with Gasteiger partial charge in [0.2, 0.25) is 5.91 Å². The Morgan fingerprint density at radius 3 is 2.64 bits per heavy atom. The third kappa shape index (κ3) is 3.58. The van der Waals surface area contributed by atoms with Crippen LogP contribution in [0.2, 0.25) is 0 Å². The molecule has 0 radical (unpaired) electrons. The van der Waals surface area contributed by atoms with Crippen molar-refractivity contribution in [2.24, 2.45) is 11.7 Å². The molecule has 2 rings (SSSR count). The van der Waals surface area contributed by atoms with Crippen LogP contribution in [-0.2, 0) is 11.0 Å². The highest BCUT2D eigenvalue weighted by atomic mass is 19.4. The van der Waals surface area contributed by atoms with Gasteiger partial charge in [-0.3, -0.25) is 4.79 Å². The molecule has 0 heterocycles. The maximum atomic E-state index is 13.7. The van der Waals surface area contributed by atoms with Crippen molar-refractivity contribution in [3.05, 3.63) is 29.6 Å². The van der Waals surface area contributed by atoms with Crippen LogP contribution >= 0.6 is 0 Å². The lowest BCUT2D eigenvalue weighted by atomic mass is 9.74. The van der Waals surface area contributed by atoms with Crippen LogP contribution in [0, 0.1) is 11.7 Å². The average molecular weight is 318 g/mol. The number of benzene rings is 1. The Labute approximate surface area is 125 Å². The van der Waals surface area contributed by atoms with Crippen LogP contribution in [-0.4, -0.2) is 11.4 Å². The first kappa shape index (κ1) is 16.7. The normalized spacial score (nSPS) is 25.8. The summed E-state index contributed by atoms with van der Waals surface area (Å²) in [6, 6.07) is 1.93. The zero-order valence-electron chi connectivity index (χ0n) is 12.1. The molecule has 1 amide bonds. The van der Waals surface area contributed by atoms with E-state index in [0.717, 1.165) is 12.8 Å². The van der Waals surface area contributed by atoms with Crippen LogP contribution in [0.3, 0.4) is 0 Å². The molecule has 0 aromatic heterocycles. The topological polar surface area (TPSA) is 55.1 Å². The molecule has 22 heavy (non-hydrogen) atoms. The second-order valence-corrected chi connectivity index (χ2v) is 5.99. The Bertz CT molecular complexity index is 569. The van der Waals surface area contributed by atoms with Gasteiger partial charge in [0, 0.05) is 5.54 Å². The summed E-state index contributed by atoms with van der Waals surface area (Å²) < 4.78 is 51.6. The maximum Gasteiger partial charge on any atom is 0.416 e. The van der Waals surface area contributed by atoms with E-state index in [1.165, 1.54) is 0 Å². The highest BCUT2D eigenvalue weighted by Gasteiger charge is 2.38. The first-order valence-electron chi connectivity index (χ1n) is 7.08. The summed E-state index contributed by atoms with van der Waals surface area (Å²) in [6.45, 7) is 1.74. The van der Waals surface area contributed by atoms with E-state index in [4.69, 9.17) is 5.73 Å². The molecule has 122 valence electrons. The largest absolute Gasteiger partial charge is 0.416 e. The molecule has 7 heteroatoms. The highest BCUT2D eigenvalue weighted by Crippen LogP contribution is 2.34. The highest BCUT2D eigenvalue weighted by molar-refractivity contribution is 5.93. The Balaban J connectivity index is 2.21. The predicted molar refractivity (Wildman–Crippen MR) is 74.6 cm³/mol. The minimum Gasteiger partial charge on any atom is -0.325 e. The molecule has 3 N–H and O–H groups in total. The van der Waals surface area contributed by atoms with Crippen molar-refractivity contribution in [1.82, 2.24) is 0 Å². The van der Waals surface area contributed by atoms with Crippen molar-refractivity contribution in [1.29, 1.82) is 0 Å². The molecule has 2 unspecified atom stereocenters. The number of alkyl halides is 3. The molecule has 2 atom stereocenters. The van der Waals surface area contributed by atoms with Crippen LogP contribution in [0.1, 0.15) is 38.2 Å². The summed E-state index contributed by atoms with van der Waals surface area (Å²) in [5, 5.41) is 2.25. The Morgan fingerprint density at radius 1 is 1.36 bits per heavy atom. The van der Waals surface area contributed by atoms with Gasteiger partial charge in [-0.2, -0.15) is 13.2 Å². The van der Waals surface area contributed by atoms with Crippen molar-refractivity contribution >= 4 is 11.6 Å². The van der Waals surface area contributed by atoms with Gasteiger partial charge in [-0.05, 0) is 38.0 Å². The zero-order valence-corrected chi connectivity index (χ0v) is 12.1. The minimum absolute atomic E-state index is 0.471. The van der Waals surface area contributed by atoms with Gasteiger partial charge in [0.1, 0.15) is 5.82 Å². The Morgan fingerprint density at radius 2 is 2.05 bits per heavy atom. The Hall–Kier alpha value is -1.63. The van der Waals surface area contributed by atoms with Crippen molar-refractivity contribution in [2.75, 3.05) is 5.32 Å². The Kier molecular flexibility index (Phi) is 4.47. The zero-order chi connectivity index (χ0) is 16.5. The smallest absolute Gasteiger partial charge is 0.325 e. The number of carbonyl (C=O) groups is 1. The van der Waals surface area contributed by atoms with Gasteiger partial charge < -0.3 is 11.1 Å². The molecule has 1 saturated carbocycles. The monoisotopic (exact) mass is 318 g/mol. The van der Waals surface area contributed by atoms with Gasteiger partial charge >= 0.3 is 6.18 Å². The molecule has 1 aromatic rings. The third-order valence-corrected chi connectivity index (χ3v) is 4.12. The van der Waals surface area contributed by atoms with Crippen LogP contribution in [0.15, 0.2) is 18.2 Å². The van der Waals surface area contributed by atoms with Crippen LogP contribution in [0.5, 0.6) is 0 Å². The fourth-order valence-electron chi connectivity index (χ4n) is 2.81. The number of rotatable bonds is 2. The number of carbonyl (C=O) groups excluding carboxylic acids is 1. The fourth-order valence-corrected chi connectivity index (χ4v) is 2.81. The summed E-state index contributed by atoms with van der Waals surface area (Å²) >= 11 is 0. The van der Waals surface area contributed by atoms with E-state index in [-0.39, 0.29) is 0 Å². The molecule has 1 aliphatic carbocycles. The van der Waals surface area contributed by atoms with Crippen molar-refractivity contribution < 1.29 is 22.4 Å². The maximum absolute atomic E-state index is 13.7. The predicted octanol–water partition coefficient (Wildman–Crippen LogP) is 3.69. The second kappa shape index (κ2) is 5.87. The van der Waals surface area contributed by atoms with E-state index in [1.54, 1.807) is 6.92 Å². The van der Waals surface area contributed by atoms with Crippen LogP contribution < -0.4 is 11.1 Å². The molecule has 3 nitrogen and oxygen atoms in total. The number of anilines is 1. The molecular formula is C15H18F4N2O. The first-order valence-corrected chi connectivity index (χ1v) is 7.08. The van der Waals surface area contributed by atoms with Gasteiger partial charge in [0.15, 0.2) is 0 Å². The van der Waals surface area contributed by atoms with Crippen molar-refractivity contribution in [2.45, 2.75) is 44.3 Å². The van der Waals surface area contributed by atoms with Crippen LogP contribution in [0.4, 0.5) is 23.2 Å². The van der Waals surface area contributed by atoms with Gasteiger partial charge in [-0.1, -0.05) is 12.8 Å². The molecular weight excluding hydrogens is 300 g/mol. The molecule has 1 aromatic carbocycles. The van der Waals surface area contributed by atoms with E-state index in [0.29, 0.717) is 31.0 Å². The van der Waals surface area contributed by atoms with Crippen molar-refractivity contribution in [3.63, 3.8) is 0 Å². The number of hydrogen-bond acceptors (Lipinski definition) is 2. The molecule has 1 fully saturated rings. The van der Waals surface area contributed by atoms with E-state index in [9.17, 15) is 22.4 Å². The summed E-state index contributed by atoms with van der Waals surface area (Å²) in [6.07, 6.45) is -1.69. The standard InChI is InChI=1S/C15H18F4N2O/c1-14(20)7-3-2-4-10(14)13(22)21-12-8-9(15(17,18)19)5-6-11(12)16/h5-6,8,10H,2-4,7,20H2,1H3,(H,21,22). The van der Waals surface area contributed by atoms with Gasteiger partial charge in [0.05, 0.1) is 17.2 Å². The van der Waals surface area contributed by atoms with Crippen molar-refractivity contribution in [3.8, 4) is 0 Å². The number of amides is 1. The number of nitrogens with one attached hydrogen (secondary N) is 1. The lowest BCUT2D eigenvalue weighted by Gasteiger charge is -2.37. The van der Waals surface area contributed by atoms with E-state index < -0.39 is 40.6 Å². The SMILES string of the molecule is CC1(N)CCCCC1C(=O)Nc1cc(C(F)(F)F)ccc1F. The van der Waals surface area contributed by atoms with Gasteiger partial charge in [-0.15, -0.1) is 0 Å². The lowest BCUT2D eigenvalue weighted by Crippen LogP contribution is -2.51. The molecule has 0 bridgehead atoms. The number of hydrogen-bond donors (Lipinski definition) is 2. The molecule has 0 saturated heterocycles. The quantitative estimate of drug-likeness (QED) is 0.817. The summed E-state index contributed by atoms with van der Waals surface area (Å²) in [7, 11) is 0.